The number of urea groups is 1. The molecule has 1 fully saturated rings. The van der Waals surface area contributed by atoms with Crippen molar-refractivity contribution in [3.05, 3.63) is 95.9 Å². The van der Waals surface area contributed by atoms with Gasteiger partial charge in [0, 0.05) is 10.0 Å². The van der Waals surface area contributed by atoms with Gasteiger partial charge in [-0.2, -0.15) is 0 Å². The van der Waals surface area contributed by atoms with Crippen LogP contribution in [0.15, 0.2) is 69.1 Å². The molecule has 1 aliphatic heterocycles. The van der Waals surface area contributed by atoms with Crippen molar-refractivity contribution in [1.82, 2.24) is 5.32 Å². The van der Waals surface area contributed by atoms with Crippen LogP contribution in [0.3, 0.4) is 0 Å². The second kappa shape index (κ2) is 11.1. The minimum absolute atomic E-state index is 0.0737. The SMILES string of the molecule is O=C1NC(=O)N(c2ccc(Cl)c(Cl)c2)C(=O)/C1=C/c1cc(Br)cc(Br)c1OCc1ccc(C(=O)O)cc1. The number of nitrogens with one attached hydrogen (secondary N) is 1. The number of anilines is 1. The number of carboxylic acid groups (broad SMARTS) is 1. The molecular formula is C25H14Br2Cl2N2O6. The van der Waals surface area contributed by atoms with E-state index in [0.717, 1.165) is 4.90 Å². The molecule has 12 heteroatoms. The third-order valence-electron chi connectivity index (χ3n) is 5.18. The number of benzene rings is 3. The highest BCUT2D eigenvalue weighted by Gasteiger charge is 2.37. The maximum atomic E-state index is 13.3. The van der Waals surface area contributed by atoms with E-state index in [4.69, 9.17) is 33.0 Å². The van der Waals surface area contributed by atoms with Crippen LogP contribution in [-0.4, -0.2) is 28.9 Å². The number of rotatable bonds is 6. The van der Waals surface area contributed by atoms with E-state index in [1.807, 2.05) is 0 Å². The Bertz CT molecular complexity index is 1490. The molecule has 3 aromatic rings. The lowest BCUT2D eigenvalue weighted by atomic mass is 10.1. The second-order valence-corrected chi connectivity index (χ2v) is 10.2. The van der Waals surface area contributed by atoms with Crippen molar-refractivity contribution in [2.75, 3.05) is 4.90 Å². The Labute approximate surface area is 237 Å². The van der Waals surface area contributed by atoms with Gasteiger partial charge in [0.15, 0.2) is 0 Å². The molecule has 3 aromatic carbocycles. The summed E-state index contributed by atoms with van der Waals surface area (Å²) in [5, 5.41) is 11.6. The molecule has 0 unspecified atom stereocenters. The number of aromatic carboxylic acids is 1. The number of carbonyl (C=O) groups is 4. The fourth-order valence-electron chi connectivity index (χ4n) is 3.41. The average molecular weight is 669 g/mol. The van der Waals surface area contributed by atoms with E-state index in [2.05, 4.69) is 37.2 Å². The van der Waals surface area contributed by atoms with Crippen LogP contribution in [0.4, 0.5) is 10.5 Å². The zero-order valence-electron chi connectivity index (χ0n) is 18.4. The monoisotopic (exact) mass is 666 g/mol. The quantitative estimate of drug-likeness (QED) is 0.230. The van der Waals surface area contributed by atoms with E-state index >= 15 is 0 Å². The van der Waals surface area contributed by atoms with Gasteiger partial charge in [0.25, 0.3) is 11.8 Å². The van der Waals surface area contributed by atoms with Gasteiger partial charge in [-0.05, 0) is 70.0 Å². The van der Waals surface area contributed by atoms with Crippen LogP contribution in [-0.2, 0) is 16.2 Å². The zero-order valence-corrected chi connectivity index (χ0v) is 23.1. The molecule has 0 atom stereocenters. The first-order valence-corrected chi connectivity index (χ1v) is 12.7. The number of hydrogen-bond donors (Lipinski definition) is 2. The van der Waals surface area contributed by atoms with E-state index in [0.29, 0.717) is 25.8 Å². The summed E-state index contributed by atoms with van der Waals surface area (Å²) in [5.41, 5.74) is 1.02. The van der Waals surface area contributed by atoms with E-state index < -0.39 is 23.8 Å². The van der Waals surface area contributed by atoms with Crippen molar-refractivity contribution in [2.45, 2.75) is 6.61 Å². The Morgan fingerprint density at radius 1 is 1.00 bits per heavy atom. The van der Waals surface area contributed by atoms with Gasteiger partial charge in [-0.15, -0.1) is 0 Å². The predicted octanol–water partition coefficient (Wildman–Crippen LogP) is 6.46. The first-order valence-electron chi connectivity index (χ1n) is 10.4. The minimum Gasteiger partial charge on any atom is -0.487 e. The molecule has 4 amide bonds. The van der Waals surface area contributed by atoms with Gasteiger partial charge >= 0.3 is 12.0 Å². The molecule has 1 saturated heterocycles. The van der Waals surface area contributed by atoms with Crippen molar-refractivity contribution in [2.24, 2.45) is 0 Å². The molecule has 8 nitrogen and oxygen atoms in total. The van der Waals surface area contributed by atoms with Gasteiger partial charge in [-0.25, -0.2) is 14.5 Å². The highest BCUT2D eigenvalue weighted by atomic mass is 79.9. The number of imide groups is 2. The molecule has 0 spiro atoms. The van der Waals surface area contributed by atoms with Crippen LogP contribution < -0.4 is 15.0 Å². The third-order valence-corrected chi connectivity index (χ3v) is 6.97. The normalized spacial score (nSPS) is 14.6. The van der Waals surface area contributed by atoms with E-state index in [1.54, 1.807) is 24.3 Å². The molecule has 0 aliphatic carbocycles. The summed E-state index contributed by atoms with van der Waals surface area (Å²) < 4.78 is 7.12. The molecule has 2 N–H and O–H groups in total. The molecular weight excluding hydrogens is 655 g/mol. The summed E-state index contributed by atoms with van der Waals surface area (Å²) >= 11 is 18.8. The zero-order chi connectivity index (χ0) is 26.9. The van der Waals surface area contributed by atoms with Crippen molar-refractivity contribution in [3.8, 4) is 5.75 Å². The van der Waals surface area contributed by atoms with Crippen molar-refractivity contribution in [3.63, 3.8) is 0 Å². The maximum Gasteiger partial charge on any atom is 0.335 e. The van der Waals surface area contributed by atoms with E-state index in [1.165, 1.54) is 36.4 Å². The fraction of sp³-hybridized carbons (Fsp3) is 0.0400. The van der Waals surface area contributed by atoms with Gasteiger partial charge in [0.2, 0.25) is 0 Å². The smallest absolute Gasteiger partial charge is 0.335 e. The first kappa shape index (κ1) is 26.9. The predicted molar refractivity (Wildman–Crippen MR) is 145 cm³/mol. The van der Waals surface area contributed by atoms with Crippen LogP contribution in [0.5, 0.6) is 5.75 Å². The topological polar surface area (TPSA) is 113 Å². The molecule has 37 heavy (non-hydrogen) atoms. The molecule has 0 bridgehead atoms. The number of barbiturate groups is 1. The Morgan fingerprint density at radius 2 is 1.70 bits per heavy atom. The Balaban J connectivity index is 1.69. The lowest BCUT2D eigenvalue weighted by Crippen LogP contribution is -2.54. The van der Waals surface area contributed by atoms with Gasteiger partial charge < -0.3 is 9.84 Å². The lowest BCUT2D eigenvalue weighted by molar-refractivity contribution is -0.122. The number of carbonyl (C=O) groups excluding carboxylic acids is 3. The summed E-state index contributed by atoms with van der Waals surface area (Å²) in [4.78, 5) is 50.3. The lowest BCUT2D eigenvalue weighted by Gasteiger charge is -2.26. The third kappa shape index (κ3) is 5.88. The standard InChI is InChI=1S/C25H14Br2Cl2N2O6/c26-15-7-14(21(18(27)9-15)37-11-12-1-3-13(4-2-12)24(34)35)8-17-22(32)30-25(36)31(23(17)33)16-5-6-19(28)20(29)10-16/h1-10H,11H2,(H,34,35)(H,30,32,36)/b17-8+. The number of halogens is 4. The van der Waals surface area contributed by atoms with Crippen molar-refractivity contribution < 1.29 is 29.0 Å². The summed E-state index contributed by atoms with van der Waals surface area (Å²) in [6.07, 6.45) is 1.31. The molecule has 1 heterocycles. The fourth-order valence-corrected chi connectivity index (χ4v) is 5.08. The number of nitrogens with zero attached hydrogens (tertiary/aromatic N) is 1. The van der Waals surface area contributed by atoms with Crippen LogP contribution in [0.1, 0.15) is 21.5 Å². The highest BCUT2D eigenvalue weighted by Crippen LogP contribution is 2.36. The molecule has 1 aliphatic rings. The largest absolute Gasteiger partial charge is 0.487 e. The molecule has 0 aromatic heterocycles. The van der Waals surface area contributed by atoms with Crippen molar-refractivity contribution in [1.29, 1.82) is 0 Å². The summed E-state index contributed by atoms with van der Waals surface area (Å²) in [6.45, 7) is 0.0737. The Hall–Kier alpha value is -3.18. The van der Waals surface area contributed by atoms with E-state index in [9.17, 15) is 19.2 Å². The van der Waals surface area contributed by atoms with Crippen LogP contribution in [0.2, 0.25) is 10.0 Å². The van der Waals surface area contributed by atoms with E-state index in [-0.39, 0.29) is 33.5 Å². The summed E-state index contributed by atoms with van der Waals surface area (Å²) in [7, 11) is 0. The van der Waals surface area contributed by atoms with Gasteiger partial charge in [0.1, 0.15) is 17.9 Å². The van der Waals surface area contributed by atoms with Crippen LogP contribution in [0.25, 0.3) is 6.08 Å². The van der Waals surface area contributed by atoms with Gasteiger partial charge in [-0.1, -0.05) is 51.3 Å². The number of ether oxygens (including phenoxy) is 1. The van der Waals surface area contributed by atoms with Crippen LogP contribution in [0, 0.1) is 0 Å². The maximum absolute atomic E-state index is 13.3. The average Bonchev–Trinajstić information content (AvgIpc) is 2.83. The molecule has 0 radical (unpaired) electrons. The molecule has 0 saturated carbocycles. The summed E-state index contributed by atoms with van der Waals surface area (Å²) in [5.74, 6) is -2.46. The Morgan fingerprint density at radius 3 is 2.35 bits per heavy atom. The van der Waals surface area contributed by atoms with Gasteiger partial charge in [0.05, 0.1) is 25.8 Å². The molecule has 188 valence electrons. The number of carboxylic acids is 1. The number of amides is 4. The highest BCUT2D eigenvalue weighted by molar-refractivity contribution is 9.11. The summed E-state index contributed by atoms with van der Waals surface area (Å²) in [6, 6.07) is 12.8. The number of hydrogen-bond acceptors (Lipinski definition) is 5. The Kier molecular flexibility index (Phi) is 8.03. The second-order valence-electron chi connectivity index (χ2n) is 7.65. The van der Waals surface area contributed by atoms with Gasteiger partial charge in [-0.3, -0.25) is 14.9 Å². The molecule has 4 rings (SSSR count). The van der Waals surface area contributed by atoms with Crippen LogP contribution >= 0.6 is 55.1 Å². The first-order chi connectivity index (χ1) is 17.5. The minimum atomic E-state index is -1.04. The van der Waals surface area contributed by atoms with Crippen molar-refractivity contribution >= 4 is 90.6 Å².